The van der Waals surface area contributed by atoms with E-state index in [1.165, 1.54) is 35.6 Å². The van der Waals surface area contributed by atoms with Crippen molar-refractivity contribution in [3.8, 4) is 0 Å². The molecule has 2 aromatic heterocycles. The van der Waals surface area contributed by atoms with E-state index in [1.807, 2.05) is 18.9 Å². The minimum atomic E-state index is -0.403. The molecule has 1 aliphatic heterocycles. The van der Waals surface area contributed by atoms with Crippen LogP contribution >= 0.6 is 11.3 Å². The minimum absolute atomic E-state index is 0.0102. The average Bonchev–Trinajstić information content (AvgIpc) is 3.23. The highest BCUT2D eigenvalue weighted by molar-refractivity contribution is 7.21. The maximum atomic E-state index is 13.0. The topological polar surface area (TPSA) is 81.3 Å². The van der Waals surface area contributed by atoms with Crippen molar-refractivity contribution in [2.24, 2.45) is 0 Å². The predicted octanol–water partition coefficient (Wildman–Crippen LogP) is 2.71. The molecule has 0 saturated carbocycles. The Kier molecular flexibility index (Phi) is 4.86. The second-order valence-electron chi connectivity index (χ2n) is 6.89. The molecule has 9 heteroatoms. The molecule has 0 bridgehead atoms. The number of benzene rings is 1. The number of hydrogen-bond acceptors (Lipinski definition) is 5. The van der Waals surface area contributed by atoms with Gasteiger partial charge in [0.15, 0.2) is 5.82 Å². The van der Waals surface area contributed by atoms with E-state index in [0.717, 1.165) is 28.9 Å². The predicted molar refractivity (Wildman–Crippen MR) is 106 cm³/mol. The Bertz CT molecular complexity index is 1030. The lowest BCUT2D eigenvalue weighted by molar-refractivity contribution is 0.0668. The van der Waals surface area contributed by atoms with Crippen molar-refractivity contribution in [1.82, 2.24) is 20.0 Å². The third-order valence-corrected chi connectivity index (χ3v) is 6.25. The summed E-state index contributed by atoms with van der Waals surface area (Å²) < 4.78 is 13.8. The van der Waals surface area contributed by atoms with Gasteiger partial charge in [-0.15, -0.1) is 11.3 Å². The summed E-state index contributed by atoms with van der Waals surface area (Å²) in [4.78, 5) is 30.1. The van der Waals surface area contributed by atoms with Gasteiger partial charge in [-0.2, -0.15) is 5.10 Å². The first kappa shape index (κ1) is 18.6. The van der Waals surface area contributed by atoms with E-state index < -0.39 is 5.82 Å². The molecule has 3 aromatic rings. The second-order valence-corrected chi connectivity index (χ2v) is 7.91. The van der Waals surface area contributed by atoms with E-state index in [9.17, 15) is 14.0 Å². The maximum Gasteiger partial charge on any atom is 0.264 e. The number of aromatic nitrogens is 2. The van der Waals surface area contributed by atoms with Crippen molar-refractivity contribution in [2.75, 3.05) is 38.5 Å². The van der Waals surface area contributed by atoms with Gasteiger partial charge in [0, 0.05) is 31.7 Å². The maximum absolute atomic E-state index is 13.0. The Morgan fingerprint density at radius 2 is 1.86 bits per heavy atom. The molecular formula is C19H20FN5O2S. The van der Waals surface area contributed by atoms with Gasteiger partial charge >= 0.3 is 0 Å². The van der Waals surface area contributed by atoms with Gasteiger partial charge in [-0.05, 0) is 43.8 Å². The summed E-state index contributed by atoms with van der Waals surface area (Å²) in [5.41, 5.74) is 1.91. The quantitative estimate of drug-likeness (QED) is 0.707. The first-order valence-electron chi connectivity index (χ1n) is 8.96. The average molecular weight is 401 g/mol. The van der Waals surface area contributed by atoms with Crippen LogP contribution in [0.3, 0.4) is 0 Å². The molecule has 2 N–H and O–H groups in total. The Hall–Kier alpha value is -2.78. The second kappa shape index (κ2) is 7.33. The van der Waals surface area contributed by atoms with Gasteiger partial charge in [-0.3, -0.25) is 14.7 Å². The number of thiophene rings is 1. The molecule has 3 heterocycles. The number of nitrogens with zero attached hydrogens (tertiary/aromatic N) is 3. The Labute approximate surface area is 165 Å². The number of nitrogens with one attached hydrogen (secondary N) is 2. The molecule has 0 aliphatic carbocycles. The molecule has 0 atom stereocenters. The minimum Gasteiger partial charge on any atom is -0.335 e. The fourth-order valence-electron chi connectivity index (χ4n) is 3.20. The smallest absolute Gasteiger partial charge is 0.264 e. The molecule has 0 spiro atoms. The summed E-state index contributed by atoms with van der Waals surface area (Å²) in [6, 6.07) is 5.29. The Balaban J connectivity index is 1.58. The molecular weight excluding hydrogens is 381 g/mol. The van der Waals surface area contributed by atoms with Crippen LogP contribution in [0.25, 0.3) is 10.2 Å². The van der Waals surface area contributed by atoms with Crippen LogP contribution in [-0.2, 0) is 0 Å². The van der Waals surface area contributed by atoms with Crippen LogP contribution in [0.1, 0.15) is 25.6 Å². The van der Waals surface area contributed by atoms with Crippen molar-refractivity contribution in [3.05, 3.63) is 46.1 Å². The van der Waals surface area contributed by atoms with E-state index >= 15 is 0 Å². The number of aryl methyl sites for hydroxylation is 1. The van der Waals surface area contributed by atoms with Gasteiger partial charge in [0.05, 0.1) is 15.1 Å². The monoisotopic (exact) mass is 401 g/mol. The molecule has 146 valence electrons. The van der Waals surface area contributed by atoms with Crippen LogP contribution in [0, 0.1) is 12.7 Å². The zero-order valence-corrected chi connectivity index (χ0v) is 16.4. The van der Waals surface area contributed by atoms with Gasteiger partial charge < -0.3 is 15.1 Å². The number of rotatable bonds is 3. The molecule has 1 fully saturated rings. The van der Waals surface area contributed by atoms with E-state index in [2.05, 4.69) is 20.4 Å². The fourth-order valence-corrected chi connectivity index (χ4v) is 4.37. The number of carbonyl (C=O) groups is 2. The number of halogens is 1. The standard InChI is InChI=1S/C19H20FN5O2S/c1-11-14-16(28-15(11)19(27)25-9-7-24(2)8-10-25)17(23-22-14)21-18(26)12-3-5-13(20)6-4-12/h3-6H,7-10H2,1-2H3,(H2,21,22,23,26). The fraction of sp³-hybridized carbons (Fsp3) is 0.316. The number of carbonyl (C=O) groups excluding carboxylic acids is 2. The molecule has 1 aromatic carbocycles. The van der Waals surface area contributed by atoms with Gasteiger partial charge in [-0.25, -0.2) is 4.39 Å². The molecule has 28 heavy (non-hydrogen) atoms. The van der Waals surface area contributed by atoms with Crippen LogP contribution in [0.2, 0.25) is 0 Å². The van der Waals surface area contributed by atoms with Crippen LogP contribution in [-0.4, -0.2) is 65.0 Å². The van der Waals surface area contributed by atoms with E-state index in [-0.39, 0.29) is 11.8 Å². The number of hydrogen-bond donors (Lipinski definition) is 2. The normalized spacial score (nSPS) is 15.2. The summed E-state index contributed by atoms with van der Waals surface area (Å²) >= 11 is 1.33. The molecule has 1 aliphatic rings. The lowest BCUT2D eigenvalue weighted by Gasteiger charge is -2.32. The van der Waals surface area contributed by atoms with Gasteiger partial charge in [-0.1, -0.05) is 0 Å². The first-order chi connectivity index (χ1) is 13.4. The third-order valence-electron chi connectivity index (χ3n) is 4.96. The zero-order chi connectivity index (χ0) is 19.8. The Morgan fingerprint density at radius 1 is 1.18 bits per heavy atom. The van der Waals surface area contributed by atoms with Gasteiger partial charge in [0.2, 0.25) is 0 Å². The number of anilines is 1. The number of piperazine rings is 1. The highest BCUT2D eigenvalue weighted by Gasteiger charge is 2.26. The molecule has 1 saturated heterocycles. The molecule has 7 nitrogen and oxygen atoms in total. The van der Waals surface area contributed by atoms with Crippen LogP contribution < -0.4 is 5.32 Å². The van der Waals surface area contributed by atoms with Crippen molar-refractivity contribution in [1.29, 1.82) is 0 Å². The number of aromatic amines is 1. The Morgan fingerprint density at radius 3 is 2.54 bits per heavy atom. The summed E-state index contributed by atoms with van der Waals surface area (Å²) in [5, 5.41) is 9.82. The number of H-pyrrole nitrogens is 1. The van der Waals surface area contributed by atoms with Gasteiger partial charge in [0.1, 0.15) is 5.82 Å². The lowest BCUT2D eigenvalue weighted by Crippen LogP contribution is -2.47. The molecule has 0 radical (unpaired) electrons. The van der Waals surface area contributed by atoms with Crippen molar-refractivity contribution in [3.63, 3.8) is 0 Å². The summed E-state index contributed by atoms with van der Waals surface area (Å²) in [6.07, 6.45) is 0. The van der Waals surface area contributed by atoms with Crippen molar-refractivity contribution >= 4 is 39.2 Å². The number of fused-ring (bicyclic) bond motifs is 1. The van der Waals surface area contributed by atoms with Crippen molar-refractivity contribution < 1.29 is 14.0 Å². The van der Waals surface area contributed by atoms with Crippen molar-refractivity contribution in [2.45, 2.75) is 6.92 Å². The van der Waals surface area contributed by atoms with Crippen LogP contribution in [0.15, 0.2) is 24.3 Å². The summed E-state index contributed by atoms with van der Waals surface area (Å²) in [6.45, 7) is 5.00. The highest BCUT2D eigenvalue weighted by Crippen LogP contribution is 2.35. The zero-order valence-electron chi connectivity index (χ0n) is 15.6. The summed E-state index contributed by atoms with van der Waals surface area (Å²) in [7, 11) is 2.04. The van der Waals surface area contributed by atoms with Crippen LogP contribution in [0.5, 0.6) is 0 Å². The number of amides is 2. The molecule has 4 rings (SSSR count). The van der Waals surface area contributed by atoms with E-state index in [0.29, 0.717) is 29.3 Å². The van der Waals surface area contributed by atoms with Gasteiger partial charge in [0.25, 0.3) is 11.8 Å². The molecule has 2 amide bonds. The van der Waals surface area contributed by atoms with E-state index in [1.54, 1.807) is 0 Å². The lowest BCUT2D eigenvalue weighted by atomic mass is 10.2. The first-order valence-corrected chi connectivity index (χ1v) is 9.78. The third kappa shape index (κ3) is 3.38. The largest absolute Gasteiger partial charge is 0.335 e. The van der Waals surface area contributed by atoms with E-state index in [4.69, 9.17) is 0 Å². The summed E-state index contributed by atoms with van der Waals surface area (Å²) in [5.74, 6) is -0.406. The number of likely N-dealkylation sites (N-methyl/N-ethyl adjacent to an activating group) is 1. The molecule has 0 unspecified atom stereocenters. The van der Waals surface area contributed by atoms with Crippen LogP contribution in [0.4, 0.5) is 10.2 Å². The SMILES string of the molecule is Cc1c(C(=O)N2CCN(C)CC2)sc2c(NC(=O)c3ccc(F)cc3)n[nH]c12. The highest BCUT2D eigenvalue weighted by atomic mass is 32.1.